The number of aryl methyl sites for hydroxylation is 3. The number of hydrogen-bond acceptors (Lipinski definition) is 5. The molecule has 0 amide bonds. The second-order valence-corrected chi connectivity index (χ2v) is 7.44. The first-order chi connectivity index (χ1) is 12.6. The van der Waals surface area contributed by atoms with Gasteiger partial charge in [-0.2, -0.15) is 5.10 Å². The molecule has 0 saturated carbocycles. The highest BCUT2D eigenvalue weighted by Gasteiger charge is 2.26. The Hall–Kier alpha value is -2.28. The van der Waals surface area contributed by atoms with Gasteiger partial charge in [0.25, 0.3) is 11.1 Å². The minimum absolute atomic E-state index is 0.0118. The lowest BCUT2D eigenvalue weighted by atomic mass is 9.97. The molecule has 0 N–H and O–H groups in total. The molecule has 4 rings (SSSR count). The molecular weight excluding hydrogens is 330 g/mol. The molecule has 7 heteroatoms. The molecule has 138 valence electrons. The van der Waals surface area contributed by atoms with Gasteiger partial charge < -0.3 is 4.57 Å². The summed E-state index contributed by atoms with van der Waals surface area (Å²) in [5, 5.41) is 4.66. The molecule has 1 fully saturated rings. The Balaban J connectivity index is 1.51. The van der Waals surface area contributed by atoms with E-state index in [2.05, 4.69) is 15.0 Å². The van der Waals surface area contributed by atoms with Crippen molar-refractivity contribution in [2.45, 2.75) is 57.7 Å². The molecule has 0 radical (unpaired) electrons. The maximum atomic E-state index is 12.5. The van der Waals surface area contributed by atoms with Gasteiger partial charge in [-0.1, -0.05) is 0 Å². The van der Waals surface area contributed by atoms with E-state index in [1.807, 2.05) is 0 Å². The van der Waals surface area contributed by atoms with Crippen LogP contribution in [0.25, 0.3) is 0 Å². The van der Waals surface area contributed by atoms with Crippen molar-refractivity contribution in [3.63, 3.8) is 0 Å². The van der Waals surface area contributed by atoms with Crippen molar-refractivity contribution >= 4 is 0 Å². The first-order valence-corrected chi connectivity index (χ1v) is 9.46. The maximum Gasteiger partial charge on any atom is 0.268 e. The molecular formula is C19H25N5O2. The SMILES string of the molecule is Cn1cc(CN2CCCC2Cn2nc3c(cc2=O)CCCC3)ncc1=O. The largest absolute Gasteiger partial charge is 0.315 e. The van der Waals surface area contributed by atoms with E-state index in [9.17, 15) is 9.59 Å². The molecule has 0 spiro atoms. The third kappa shape index (κ3) is 3.49. The monoisotopic (exact) mass is 355 g/mol. The molecule has 1 aliphatic heterocycles. The summed E-state index contributed by atoms with van der Waals surface area (Å²) < 4.78 is 3.21. The Bertz CT molecular complexity index is 917. The highest BCUT2D eigenvalue weighted by molar-refractivity contribution is 5.20. The van der Waals surface area contributed by atoms with Crippen LogP contribution < -0.4 is 11.1 Å². The summed E-state index contributed by atoms with van der Waals surface area (Å²) in [4.78, 5) is 30.6. The molecule has 2 aliphatic rings. The Morgan fingerprint density at radius 3 is 2.85 bits per heavy atom. The Morgan fingerprint density at radius 2 is 2.00 bits per heavy atom. The van der Waals surface area contributed by atoms with Crippen LogP contribution in [0.4, 0.5) is 0 Å². The van der Waals surface area contributed by atoms with Crippen LogP contribution in [-0.4, -0.2) is 36.8 Å². The predicted octanol–water partition coefficient (Wildman–Crippen LogP) is 0.880. The average Bonchev–Trinajstić information content (AvgIpc) is 3.05. The average molecular weight is 355 g/mol. The van der Waals surface area contributed by atoms with E-state index in [1.165, 1.54) is 6.20 Å². The molecule has 0 aromatic carbocycles. The maximum absolute atomic E-state index is 12.5. The zero-order valence-electron chi connectivity index (χ0n) is 15.2. The lowest BCUT2D eigenvalue weighted by molar-refractivity contribution is 0.213. The molecule has 0 bridgehead atoms. The molecule has 7 nitrogen and oxygen atoms in total. The van der Waals surface area contributed by atoms with E-state index in [0.717, 1.165) is 62.0 Å². The van der Waals surface area contributed by atoms with Crippen molar-refractivity contribution in [1.29, 1.82) is 0 Å². The molecule has 2 aromatic heterocycles. The van der Waals surface area contributed by atoms with Crippen LogP contribution in [0.2, 0.25) is 0 Å². The van der Waals surface area contributed by atoms with Crippen LogP contribution in [0.3, 0.4) is 0 Å². The van der Waals surface area contributed by atoms with Crippen LogP contribution in [-0.2, 0) is 33.0 Å². The van der Waals surface area contributed by atoms with E-state index in [1.54, 1.807) is 28.6 Å². The van der Waals surface area contributed by atoms with Gasteiger partial charge >= 0.3 is 0 Å². The van der Waals surface area contributed by atoms with E-state index in [4.69, 9.17) is 0 Å². The van der Waals surface area contributed by atoms with Gasteiger partial charge in [-0.25, -0.2) is 4.68 Å². The smallest absolute Gasteiger partial charge is 0.268 e. The molecule has 1 atom stereocenters. The zero-order valence-corrected chi connectivity index (χ0v) is 15.2. The Morgan fingerprint density at radius 1 is 1.15 bits per heavy atom. The summed E-state index contributed by atoms with van der Waals surface area (Å²) in [5.41, 5.74) is 3.02. The first-order valence-electron chi connectivity index (χ1n) is 9.46. The minimum Gasteiger partial charge on any atom is -0.315 e. The van der Waals surface area contributed by atoms with E-state index < -0.39 is 0 Å². The van der Waals surface area contributed by atoms with E-state index >= 15 is 0 Å². The zero-order chi connectivity index (χ0) is 18.1. The number of fused-ring (bicyclic) bond motifs is 1. The van der Waals surface area contributed by atoms with Crippen molar-refractivity contribution in [3.8, 4) is 0 Å². The van der Waals surface area contributed by atoms with E-state index in [0.29, 0.717) is 13.1 Å². The summed E-state index contributed by atoms with van der Waals surface area (Å²) in [6, 6.07) is 2.07. The van der Waals surface area contributed by atoms with Gasteiger partial charge in [0.15, 0.2) is 0 Å². The standard InChI is InChI=1S/C19H25N5O2/c1-22-11-15(20-10-19(22)26)12-23-8-4-6-16(23)13-24-18(25)9-14-5-2-3-7-17(14)21-24/h9-11,16H,2-8,12-13H2,1H3. The Kier molecular flexibility index (Phi) is 4.72. The first kappa shape index (κ1) is 17.1. The minimum atomic E-state index is -0.100. The molecule has 1 saturated heterocycles. The highest BCUT2D eigenvalue weighted by atomic mass is 16.1. The molecule has 26 heavy (non-hydrogen) atoms. The van der Waals surface area contributed by atoms with Gasteiger partial charge in [0.05, 0.1) is 24.1 Å². The van der Waals surface area contributed by atoms with Crippen molar-refractivity contribution in [3.05, 3.63) is 56.1 Å². The van der Waals surface area contributed by atoms with Gasteiger partial charge in [0, 0.05) is 31.9 Å². The summed E-state index contributed by atoms with van der Waals surface area (Å²) in [6.45, 7) is 2.30. The van der Waals surface area contributed by atoms with Gasteiger partial charge in [-0.05, 0) is 50.6 Å². The summed E-state index contributed by atoms with van der Waals surface area (Å²) >= 11 is 0. The number of likely N-dealkylation sites (tertiary alicyclic amines) is 1. The van der Waals surface area contributed by atoms with Crippen molar-refractivity contribution < 1.29 is 0 Å². The van der Waals surface area contributed by atoms with Gasteiger partial charge in [0.2, 0.25) is 0 Å². The predicted molar refractivity (Wildman–Crippen MR) is 98.0 cm³/mol. The summed E-state index contributed by atoms with van der Waals surface area (Å²) in [7, 11) is 1.74. The second-order valence-electron chi connectivity index (χ2n) is 7.44. The van der Waals surface area contributed by atoms with Crippen LogP contribution in [0.15, 0.2) is 28.0 Å². The van der Waals surface area contributed by atoms with Gasteiger partial charge in [0.1, 0.15) is 0 Å². The van der Waals surface area contributed by atoms with Crippen molar-refractivity contribution in [2.75, 3.05) is 6.54 Å². The fraction of sp³-hybridized carbons (Fsp3) is 0.579. The number of nitrogens with zero attached hydrogens (tertiary/aromatic N) is 5. The second kappa shape index (κ2) is 7.15. The normalized spacial score (nSPS) is 20.3. The van der Waals surface area contributed by atoms with Crippen LogP contribution >= 0.6 is 0 Å². The van der Waals surface area contributed by atoms with Crippen LogP contribution in [0.5, 0.6) is 0 Å². The molecule has 1 unspecified atom stereocenters. The summed E-state index contributed by atoms with van der Waals surface area (Å²) in [6.07, 6.45) is 9.59. The van der Waals surface area contributed by atoms with Crippen molar-refractivity contribution in [2.24, 2.45) is 7.05 Å². The highest BCUT2D eigenvalue weighted by Crippen LogP contribution is 2.21. The van der Waals surface area contributed by atoms with Crippen LogP contribution in [0.1, 0.15) is 42.6 Å². The quantitative estimate of drug-likeness (QED) is 0.814. The molecule has 2 aromatic rings. The summed E-state index contributed by atoms with van der Waals surface area (Å²) in [5.74, 6) is 0. The van der Waals surface area contributed by atoms with Gasteiger partial charge in [-0.3, -0.25) is 19.5 Å². The van der Waals surface area contributed by atoms with Gasteiger partial charge in [-0.15, -0.1) is 0 Å². The lowest BCUT2D eigenvalue weighted by Gasteiger charge is -2.25. The number of hydrogen-bond donors (Lipinski definition) is 0. The molecule has 3 heterocycles. The Labute approximate surface area is 152 Å². The fourth-order valence-electron chi connectivity index (χ4n) is 4.08. The van der Waals surface area contributed by atoms with E-state index in [-0.39, 0.29) is 17.2 Å². The van der Waals surface area contributed by atoms with Crippen LogP contribution in [0, 0.1) is 0 Å². The topological polar surface area (TPSA) is 73.0 Å². The third-order valence-corrected chi connectivity index (χ3v) is 5.55. The lowest BCUT2D eigenvalue weighted by Crippen LogP contribution is -2.38. The molecule has 1 aliphatic carbocycles. The van der Waals surface area contributed by atoms with Crippen molar-refractivity contribution in [1.82, 2.24) is 24.2 Å². The third-order valence-electron chi connectivity index (χ3n) is 5.55. The number of rotatable bonds is 4. The number of aromatic nitrogens is 4. The fourth-order valence-corrected chi connectivity index (χ4v) is 4.08.